The highest BCUT2D eigenvalue weighted by Gasteiger charge is 2.19. The number of rotatable bonds is 6. The zero-order valence-corrected chi connectivity index (χ0v) is 17.2. The SMILES string of the molecule is Cc1ccc(-c2noc(CSc3nnc(-c4ccco4)n3-c3ccccc3)n2)cc1F. The number of benzene rings is 2. The number of hydrogen-bond acceptors (Lipinski definition) is 7. The molecule has 0 amide bonds. The van der Waals surface area contributed by atoms with E-state index in [0.29, 0.717) is 45.3 Å². The number of thioether (sulfide) groups is 1. The van der Waals surface area contributed by atoms with Crippen molar-refractivity contribution < 1.29 is 13.3 Å². The Morgan fingerprint density at radius 1 is 1.03 bits per heavy atom. The van der Waals surface area contributed by atoms with Gasteiger partial charge < -0.3 is 8.94 Å². The summed E-state index contributed by atoms with van der Waals surface area (Å²) in [5, 5.41) is 13.3. The van der Waals surface area contributed by atoms with Gasteiger partial charge in [0.05, 0.1) is 12.0 Å². The molecule has 0 aliphatic carbocycles. The predicted octanol–water partition coefficient (Wildman–Crippen LogP) is 5.32. The summed E-state index contributed by atoms with van der Waals surface area (Å²) in [7, 11) is 0. The molecule has 0 radical (unpaired) electrons. The average Bonchev–Trinajstić information content (AvgIpc) is 3.55. The lowest BCUT2D eigenvalue weighted by Crippen LogP contribution is -1.99. The molecule has 5 rings (SSSR count). The van der Waals surface area contributed by atoms with Gasteiger partial charge in [-0.25, -0.2) is 4.39 Å². The summed E-state index contributed by atoms with van der Waals surface area (Å²) in [6, 6.07) is 18.3. The summed E-state index contributed by atoms with van der Waals surface area (Å²) in [5.74, 6) is 2.03. The van der Waals surface area contributed by atoms with Gasteiger partial charge in [-0.3, -0.25) is 4.57 Å². The Hall–Kier alpha value is -3.72. The van der Waals surface area contributed by atoms with Gasteiger partial charge in [0.1, 0.15) is 5.82 Å². The van der Waals surface area contributed by atoms with E-state index in [4.69, 9.17) is 8.94 Å². The quantitative estimate of drug-likeness (QED) is 0.335. The zero-order chi connectivity index (χ0) is 21.2. The van der Waals surface area contributed by atoms with Crippen LogP contribution in [0.25, 0.3) is 28.7 Å². The van der Waals surface area contributed by atoms with Crippen molar-refractivity contribution in [2.75, 3.05) is 0 Å². The van der Waals surface area contributed by atoms with Crippen LogP contribution in [0.15, 0.2) is 81.0 Å². The second-order valence-electron chi connectivity index (χ2n) is 6.72. The third kappa shape index (κ3) is 3.87. The molecule has 9 heteroatoms. The van der Waals surface area contributed by atoms with Crippen LogP contribution in [0.5, 0.6) is 0 Å². The Balaban J connectivity index is 1.41. The van der Waals surface area contributed by atoms with E-state index < -0.39 is 0 Å². The van der Waals surface area contributed by atoms with E-state index in [-0.39, 0.29) is 5.82 Å². The van der Waals surface area contributed by atoms with Crippen LogP contribution in [-0.2, 0) is 5.75 Å². The van der Waals surface area contributed by atoms with Gasteiger partial charge in [-0.2, -0.15) is 4.98 Å². The third-order valence-electron chi connectivity index (χ3n) is 4.61. The van der Waals surface area contributed by atoms with Crippen molar-refractivity contribution in [2.24, 2.45) is 0 Å². The topological polar surface area (TPSA) is 82.8 Å². The molecule has 3 heterocycles. The molecule has 7 nitrogen and oxygen atoms in total. The highest BCUT2D eigenvalue weighted by Crippen LogP contribution is 2.30. The standard InChI is InChI=1S/C22H16FN5O2S/c1-14-9-10-15(12-17(14)23)20-24-19(30-27-20)13-31-22-26-25-21(18-8-5-11-29-18)28(22)16-6-3-2-4-7-16/h2-12H,13H2,1H3. The van der Waals surface area contributed by atoms with Crippen LogP contribution >= 0.6 is 11.8 Å². The Morgan fingerprint density at radius 3 is 2.68 bits per heavy atom. The van der Waals surface area contributed by atoms with Gasteiger partial charge in [-0.15, -0.1) is 10.2 Å². The fourth-order valence-electron chi connectivity index (χ4n) is 3.03. The predicted molar refractivity (Wildman–Crippen MR) is 113 cm³/mol. The lowest BCUT2D eigenvalue weighted by molar-refractivity contribution is 0.391. The van der Waals surface area contributed by atoms with Crippen molar-refractivity contribution in [3.05, 3.63) is 84.2 Å². The van der Waals surface area contributed by atoms with Crippen LogP contribution in [0, 0.1) is 12.7 Å². The lowest BCUT2D eigenvalue weighted by atomic mass is 10.1. The van der Waals surface area contributed by atoms with Gasteiger partial charge in [-0.1, -0.05) is 47.3 Å². The van der Waals surface area contributed by atoms with Crippen molar-refractivity contribution in [1.82, 2.24) is 24.9 Å². The monoisotopic (exact) mass is 433 g/mol. The van der Waals surface area contributed by atoms with E-state index in [9.17, 15) is 4.39 Å². The van der Waals surface area contributed by atoms with Crippen LogP contribution in [0.1, 0.15) is 11.5 Å². The summed E-state index contributed by atoms with van der Waals surface area (Å²) in [5.41, 5.74) is 2.04. The summed E-state index contributed by atoms with van der Waals surface area (Å²) < 4.78 is 26.6. The van der Waals surface area contributed by atoms with Crippen LogP contribution in [0.4, 0.5) is 4.39 Å². The highest BCUT2D eigenvalue weighted by atomic mass is 32.2. The van der Waals surface area contributed by atoms with Crippen molar-refractivity contribution in [2.45, 2.75) is 17.8 Å². The summed E-state index contributed by atoms with van der Waals surface area (Å²) in [4.78, 5) is 4.38. The maximum absolute atomic E-state index is 13.8. The molecule has 2 aromatic carbocycles. The number of halogens is 1. The molecule has 0 aliphatic rings. The molecular formula is C22H16FN5O2S. The average molecular weight is 433 g/mol. The molecule has 3 aromatic heterocycles. The maximum Gasteiger partial charge on any atom is 0.237 e. The molecule has 0 fully saturated rings. The van der Waals surface area contributed by atoms with Gasteiger partial charge in [0, 0.05) is 11.3 Å². The number of hydrogen-bond donors (Lipinski definition) is 0. The first kappa shape index (κ1) is 19.3. The molecule has 154 valence electrons. The first-order chi connectivity index (χ1) is 15.2. The highest BCUT2D eigenvalue weighted by molar-refractivity contribution is 7.98. The number of aromatic nitrogens is 5. The van der Waals surface area contributed by atoms with Gasteiger partial charge in [0.25, 0.3) is 0 Å². The van der Waals surface area contributed by atoms with E-state index in [1.807, 2.05) is 41.0 Å². The summed E-state index contributed by atoms with van der Waals surface area (Å²) in [6.45, 7) is 1.71. The van der Waals surface area contributed by atoms with Crippen molar-refractivity contribution in [3.63, 3.8) is 0 Å². The normalized spacial score (nSPS) is 11.2. The molecule has 0 aliphatic heterocycles. The van der Waals surface area contributed by atoms with E-state index in [1.54, 1.807) is 31.4 Å². The maximum atomic E-state index is 13.8. The van der Waals surface area contributed by atoms with Crippen molar-refractivity contribution in [3.8, 4) is 28.7 Å². The zero-order valence-electron chi connectivity index (χ0n) is 16.4. The second-order valence-corrected chi connectivity index (χ2v) is 7.66. The molecule has 0 N–H and O–H groups in total. The number of para-hydroxylation sites is 1. The molecule has 0 unspecified atom stereocenters. The van der Waals surface area contributed by atoms with E-state index >= 15 is 0 Å². The molecule has 0 saturated heterocycles. The Bertz CT molecular complexity index is 1320. The first-order valence-electron chi connectivity index (χ1n) is 9.45. The minimum absolute atomic E-state index is 0.306. The Labute approximate surface area is 180 Å². The van der Waals surface area contributed by atoms with E-state index in [2.05, 4.69) is 20.3 Å². The second kappa shape index (κ2) is 8.19. The van der Waals surface area contributed by atoms with Crippen LogP contribution < -0.4 is 0 Å². The minimum Gasteiger partial charge on any atom is -0.461 e. The van der Waals surface area contributed by atoms with Crippen molar-refractivity contribution >= 4 is 11.8 Å². The first-order valence-corrected chi connectivity index (χ1v) is 10.4. The molecule has 0 bridgehead atoms. The minimum atomic E-state index is -0.306. The van der Waals surface area contributed by atoms with Crippen molar-refractivity contribution in [1.29, 1.82) is 0 Å². The Kier molecular flexibility index (Phi) is 5.09. The fraction of sp³-hybridized carbons (Fsp3) is 0.0909. The van der Waals surface area contributed by atoms with Crippen LogP contribution in [0.3, 0.4) is 0 Å². The number of aryl methyl sites for hydroxylation is 1. The lowest BCUT2D eigenvalue weighted by Gasteiger charge is -2.08. The Morgan fingerprint density at radius 2 is 1.90 bits per heavy atom. The summed E-state index contributed by atoms with van der Waals surface area (Å²) >= 11 is 1.40. The fourth-order valence-corrected chi connectivity index (χ4v) is 3.82. The molecule has 31 heavy (non-hydrogen) atoms. The third-order valence-corrected chi connectivity index (χ3v) is 5.53. The number of nitrogens with zero attached hydrogens (tertiary/aromatic N) is 5. The van der Waals surface area contributed by atoms with Gasteiger partial charge in [-0.05, 0) is 42.8 Å². The molecule has 0 saturated carbocycles. The van der Waals surface area contributed by atoms with E-state index in [0.717, 1.165) is 5.69 Å². The summed E-state index contributed by atoms with van der Waals surface area (Å²) in [6.07, 6.45) is 1.60. The van der Waals surface area contributed by atoms with Crippen LogP contribution in [0.2, 0.25) is 0 Å². The van der Waals surface area contributed by atoms with E-state index in [1.165, 1.54) is 17.8 Å². The van der Waals surface area contributed by atoms with Gasteiger partial charge in [0.15, 0.2) is 10.9 Å². The molecular weight excluding hydrogens is 417 g/mol. The largest absolute Gasteiger partial charge is 0.461 e. The number of furan rings is 1. The van der Waals surface area contributed by atoms with Gasteiger partial charge in [0.2, 0.25) is 17.5 Å². The van der Waals surface area contributed by atoms with Gasteiger partial charge >= 0.3 is 0 Å². The molecule has 0 spiro atoms. The molecule has 0 atom stereocenters. The van der Waals surface area contributed by atoms with Crippen LogP contribution in [-0.4, -0.2) is 24.9 Å². The smallest absolute Gasteiger partial charge is 0.237 e. The molecule has 5 aromatic rings.